The standard InChI is InChI=1S/C12H16N4O3/c1-2-3-6-16(15-19)8-12(18)9-4-5-11(17)10(7-9)14-13/h4-5,7,12,18H,2-3,6,8H2,1H3/p+1/t12-/m0/s1. The number of unbranched alkanes of at least 4 members (excludes halogenated alkanes) is 1. The Morgan fingerprint density at radius 2 is 2.26 bits per heavy atom. The highest BCUT2D eigenvalue weighted by atomic mass is 16.3. The molecule has 7 heteroatoms. The van der Waals surface area contributed by atoms with Crippen molar-refractivity contribution in [1.29, 1.82) is 5.39 Å². The van der Waals surface area contributed by atoms with E-state index in [1.54, 1.807) is 0 Å². The Bertz CT molecular complexity index is 473. The molecule has 0 aliphatic rings. The molecule has 0 aromatic heterocycles. The third-order valence-electron chi connectivity index (χ3n) is 2.76. The summed E-state index contributed by atoms with van der Waals surface area (Å²) in [5, 5.41) is 32.1. The van der Waals surface area contributed by atoms with E-state index in [-0.39, 0.29) is 18.0 Å². The van der Waals surface area contributed by atoms with Crippen LogP contribution in [0.1, 0.15) is 31.4 Å². The van der Waals surface area contributed by atoms with Crippen molar-refractivity contribution in [3.05, 3.63) is 33.6 Å². The van der Waals surface area contributed by atoms with E-state index in [1.165, 1.54) is 23.2 Å². The minimum absolute atomic E-state index is 0.0317. The Morgan fingerprint density at radius 3 is 2.84 bits per heavy atom. The van der Waals surface area contributed by atoms with Crippen LogP contribution in [-0.4, -0.2) is 28.3 Å². The molecule has 0 saturated heterocycles. The first-order valence-corrected chi connectivity index (χ1v) is 6.06. The van der Waals surface area contributed by atoms with E-state index in [9.17, 15) is 15.1 Å². The zero-order valence-electron chi connectivity index (χ0n) is 10.7. The topological polar surface area (TPSA) is 101 Å². The molecule has 0 aliphatic carbocycles. The molecular weight excluding hydrogens is 248 g/mol. The summed E-state index contributed by atoms with van der Waals surface area (Å²) in [6, 6.07) is 4.17. The highest BCUT2D eigenvalue weighted by Crippen LogP contribution is 2.29. The zero-order valence-corrected chi connectivity index (χ0v) is 10.7. The van der Waals surface area contributed by atoms with Crippen molar-refractivity contribution in [2.24, 2.45) is 5.29 Å². The number of nitrogens with zero attached hydrogens (tertiary/aromatic N) is 4. The quantitative estimate of drug-likeness (QED) is 0.448. The highest BCUT2D eigenvalue weighted by molar-refractivity contribution is 5.57. The van der Waals surface area contributed by atoms with E-state index in [1.807, 2.05) is 6.92 Å². The van der Waals surface area contributed by atoms with Gasteiger partial charge in [0, 0.05) is 12.6 Å². The Morgan fingerprint density at radius 1 is 1.53 bits per heavy atom. The molecule has 0 fully saturated rings. The molecule has 19 heavy (non-hydrogen) atoms. The second-order valence-electron chi connectivity index (χ2n) is 4.21. The van der Waals surface area contributed by atoms with Gasteiger partial charge in [0.15, 0.2) is 4.98 Å². The van der Waals surface area contributed by atoms with Crippen molar-refractivity contribution in [2.75, 3.05) is 13.1 Å². The number of rotatable bonds is 7. The van der Waals surface area contributed by atoms with Gasteiger partial charge in [-0.2, -0.15) is 0 Å². The summed E-state index contributed by atoms with van der Waals surface area (Å²) in [4.78, 5) is 13.5. The number of hydrogen-bond donors (Lipinski definition) is 2. The number of benzene rings is 1. The van der Waals surface area contributed by atoms with Gasteiger partial charge in [-0.3, -0.25) is 5.01 Å². The van der Waals surface area contributed by atoms with E-state index in [0.29, 0.717) is 12.1 Å². The summed E-state index contributed by atoms with van der Waals surface area (Å²) < 4.78 is 0. The third kappa shape index (κ3) is 4.19. The first kappa shape index (κ1) is 14.9. The molecule has 0 saturated carbocycles. The molecule has 0 radical (unpaired) electrons. The molecule has 1 atom stereocenters. The van der Waals surface area contributed by atoms with Gasteiger partial charge >= 0.3 is 5.69 Å². The summed E-state index contributed by atoms with van der Waals surface area (Å²) in [7, 11) is 0. The van der Waals surface area contributed by atoms with Crippen LogP contribution in [-0.2, 0) is 0 Å². The van der Waals surface area contributed by atoms with E-state index in [4.69, 9.17) is 5.39 Å². The van der Waals surface area contributed by atoms with E-state index in [0.717, 1.165) is 12.8 Å². The maximum atomic E-state index is 10.6. The fourth-order valence-corrected chi connectivity index (χ4v) is 1.64. The Hall–Kier alpha value is -2.20. The second-order valence-corrected chi connectivity index (χ2v) is 4.21. The minimum atomic E-state index is -0.948. The molecule has 0 aliphatic heterocycles. The molecule has 0 spiro atoms. The van der Waals surface area contributed by atoms with E-state index < -0.39 is 6.10 Å². The Labute approximate surface area is 111 Å². The molecule has 7 nitrogen and oxygen atoms in total. The molecule has 1 aromatic carbocycles. The van der Waals surface area contributed by atoms with Crippen LogP contribution >= 0.6 is 0 Å². The van der Waals surface area contributed by atoms with Gasteiger partial charge < -0.3 is 10.2 Å². The van der Waals surface area contributed by atoms with Crippen molar-refractivity contribution in [3.63, 3.8) is 0 Å². The predicted octanol–water partition coefficient (Wildman–Crippen LogP) is 2.69. The maximum Gasteiger partial charge on any atom is 0.426 e. The molecule has 0 bridgehead atoms. The lowest BCUT2D eigenvalue weighted by atomic mass is 10.1. The summed E-state index contributed by atoms with van der Waals surface area (Å²) in [5.74, 6) is -0.185. The lowest BCUT2D eigenvalue weighted by Gasteiger charge is -2.18. The summed E-state index contributed by atoms with van der Waals surface area (Å²) in [6.45, 7) is 2.53. The molecule has 2 N–H and O–H groups in total. The lowest BCUT2D eigenvalue weighted by Crippen LogP contribution is -2.24. The number of aliphatic hydroxyl groups excluding tert-OH is 1. The van der Waals surface area contributed by atoms with Gasteiger partial charge in [0.1, 0.15) is 0 Å². The molecule has 0 heterocycles. The van der Waals surface area contributed by atoms with Gasteiger partial charge in [-0.15, -0.1) is 4.91 Å². The van der Waals surface area contributed by atoms with Crippen molar-refractivity contribution in [2.45, 2.75) is 25.9 Å². The SMILES string of the molecule is CCCCN(C[C@H](O)c1ccc(O)c([N+]#N)c1)N=O. The monoisotopic (exact) mass is 265 g/mol. The smallest absolute Gasteiger partial charge is 0.426 e. The van der Waals surface area contributed by atoms with Crippen LogP contribution in [0.2, 0.25) is 0 Å². The summed E-state index contributed by atoms with van der Waals surface area (Å²) >= 11 is 0. The number of phenolic OH excluding ortho intramolecular Hbond substituents is 1. The predicted molar refractivity (Wildman–Crippen MR) is 70.1 cm³/mol. The molecule has 1 rings (SSSR count). The molecule has 0 unspecified atom stereocenters. The average Bonchev–Trinajstić information content (AvgIpc) is 2.43. The van der Waals surface area contributed by atoms with Gasteiger partial charge in [-0.1, -0.05) is 19.4 Å². The second kappa shape index (κ2) is 7.28. The lowest BCUT2D eigenvalue weighted by molar-refractivity contribution is 0.113. The number of aliphatic hydroxyl groups is 1. The van der Waals surface area contributed by atoms with Crippen molar-refractivity contribution < 1.29 is 10.2 Å². The van der Waals surface area contributed by atoms with Crippen LogP contribution in [0.3, 0.4) is 0 Å². The van der Waals surface area contributed by atoms with Gasteiger partial charge in [0.25, 0.3) is 0 Å². The first-order valence-electron chi connectivity index (χ1n) is 6.06. The van der Waals surface area contributed by atoms with Crippen molar-refractivity contribution in [3.8, 4) is 5.75 Å². The fourth-order valence-electron chi connectivity index (χ4n) is 1.64. The molecule has 102 valence electrons. The Balaban J connectivity index is 2.74. The van der Waals surface area contributed by atoms with Crippen LogP contribution in [0.15, 0.2) is 23.5 Å². The first-order chi connectivity index (χ1) is 9.12. The largest absolute Gasteiger partial charge is 0.501 e. The highest BCUT2D eigenvalue weighted by Gasteiger charge is 2.19. The number of phenols is 1. The zero-order chi connectivity index (χ0) is 14.3. The van der Waals surface area contributed by atoms with Crippen LogP contribution in [0.25, 0.3) is 4.98 Å². The van der Waals surface area contributed by atoms with Gasteiger partial charge in [-0.25, -0.2) is 0 Å². The van der Waals surface area contributed by atoms with E-state index >= 15 is 0 Å². The van der Waals surface area contributed by atoms with E-state index in [2.05, 4.69) is 10.3 Å². The van der Waals surface area contributed by atoms with Crippen molar-refractivity contribution in [1.82, 2.24) is 5.01 Å². The summed E-state index contributed by atoms with van der Waals surface area (Å²) in [5.41, 5.74) is 0.409. The third-order valence-corrected chi connectivity index (χ3v) is 2.76. The summed E-state index contributed by atoms with van der Waals surface area (Å²) in [6.07, 6.45) is 0.788. The van der Waals surface area contributed by atoms with Crippen LogP contribution < -0.4 is 0 Å². The number of diazo groups is 1. The van der Waals surface area contributed by atoms with Crippen LogP contribution in [0.4, 0.5) is 5.69 Å². The van der Waals surface area contributed by atoms with Gasteiger partial charge in [0.2, 0.25) is 11.1 Å². The molecule has 0 amide bonds. The number of aromatic hydroxyl groups is 1. The van der Waals surface area contributed by atoms with Crippen LogP contribution in [0.5, 0.6) is 5.75 Å². The van der Waals surface area contributed by atoms with Gasteiger partial charge in [0.05, 0.1) is 17.9 Å². The number of nitroso groups, excluding NO2 is 1. The average molecular weight is 265 g/mol. The normalized spacial score (nSPS) is 11.6. The van der Waals surface area contributed by atoms with Crippen molar-refractivity contribution >= 4 is 5.69 Å². The maximum absolute atomic E-state index is 10.6. The minimum Gasteiger partial charge on any atom is -0.501 e. The number of hydrogen-bond acceptors (Lipinski definition) is 5. The Kier molecular flexibility index (Phi) is 5.70. The molecule has 1 aromatic rings. The fraction of sp³-hybridized carbons (Fsp3) is 0.500. The van der Waals surface area contributed by atoms with Crippen LogP contribution in [0, 0.1) is 10.3 Å². The molecular formula is C12H17N4O3+. The van der Waals surface area contributed by atoms with Gasteiger partial charge in [-0.05, 0) is 18.1 Å².